The van der Waals surface area contributed by atoms with Gasteiger partial charge in [0, 0.05) is 31.4 Å². The van der Waals surface area contributed by atoms with Crippen molar-refractivity contribution in [1.29, 1.82) is 0 Å². The number of nitrogens with zero attached hydrogens (tertiary/aromatic N) is 2. The maximum absolute atomic E-state index is 12.3. The molecule has 0 saturated carbocycles. The highest BCUT2D eigenvalue weighted by atomic mass is 32.2. The van der Waals surface area contributed by atoms with Crippen LogP contribution in [0.3, 0.4) is 0 Å². The Morgan fingerprint density at radius 2 is 2.00 bits per heavy atom. The molecule has 2 rings (SSSR count). The molecule has 0 aliphatic rings. The number of nitrogens with two attached hydrogens (primary N) is 1. The number of hydrogen-bond acceptors (Lipinski definition) is 4. The lowest BCUT2D eigenvalue weighted by molar-refractivity contribution is 0.581. The first kappa shape index (κ1) is 15.7. The van der Waals surface area contributed by atoms with E-state index in [1.165, 1.54) is 0 Å². The van der Waals surface area contributed by atoms with Crippen LogP contribution in [-0.4, -0.2) is 18.2 Å². The summed E-state index contributed by atoms with van der Waals surface area (Å²) in [5.41, 5.74) is 9.20. The molecule has 0 aliphatic heterocycles. The van der Waals surface area contributed by atoms with Gasteiger partial charge in [0.1, 0.15) is 0 Å². The lowest BCUT2D eigenvalue weighted by atomic mass is 10.1. The molecule has 0 unspecified atom stereocenters. The van der Waals surface area contributed by atoms with E-state index in [0.29, 0.717) is 6.54 Å². The molecular weight excluding hydrogens is 288 g/mol. The van der Waals surface area contributed by atoms with Crippen molar-refractivity contribution in [3.05, 3.63) is 46.8 Å². The molecule has 0 radical (unpaired) electrons. The minimum absolute atomic E-state index is 0.222. The molecule has 0 spiro atoms. The van der Waals surface area contributed by atoms with Crippen LogP contribution in [0.4, 0.5) is 0 Å². The maximum atomic E-state index is 12.3. The fraction of sp³-hybridized carbons (Fsp3) is 0.357. The number of aromatic nitrogens is 2. The number of hydrogen-bond donors (Lipinski definition) is 2. The zero-order valence-electron chi connectivity index (χ0n) is 12.4. The van der Waals surface area contributed by atoms with E-state index in [2.05, 4.69) is 9.82 Å². The summed E-state index contributed by atoms with van der Waals surface area (Å²) >= 11 is 0. The zero-order chi connectivity index (χ0) is 15.6. The summed E-state index contributed by atoms with van der Waals surface area (Å²) in [6, 6.07) is 4.97. The second-order valence-electron chi connectivity index (χ2n) is 5.00. The molecule has 1 heterocycles. The van der Waals surface area contributed by atoms with Gasteiger partial charge in [0.2, 0.25) is 10.0 Å². The highest BCUT2D eigenvalue weighted by Crippen LogP contribution is 2.16. The smallest absolute Gasteiger partial charge is 0.240 e. The summed E-state index contributed by atoms with van der Waals surface area (Å²) in [7, 11) is -1.72. The van der Waals surface area contributed by atoms with Crippen molar-refractivity contribution in [3.8, 4) is 0 Å². The molecule has 21 heavy (non-hydrogen) atoms. The lowest BCUT2D eigenvalue weighted by Gasteiger charge is -2.09. The van der Waals surface area contributed by atoms with E-state index in [1.54, 1.807) is 29.1 Å². The largest absolute Gasteiger partial charge is 0.326 e. The molecular formula is C14H20N4O2S. The normalized spacial score (nSPS) is 11.8. The number of aryl methyl sites for hydroxylation is 2. The quantitative estimate of drug-likeness (QED) is 0.861. The fourth-order valence-electron chi connectivity index (χ4n) is 2.04. The molecule has 1 aromatic carbocycles. The highest BCUT2D eigenvalue weighted by Gasteiger charge is 2.16. The summed E-state index contributed by atoms with van der Waals surface area (Å²) in [6.07, 6.45) is 1.67. The van der Waals surface area contributed by atoms with Crippen molar-refractivity contribution in [2.75, 3.05) is 0 Å². The molecule has 3 N–H and O–H groups in total. The second kappa shape index (κ2) is 5.97. The predicted molar refractivity (Wildman–Crippen MR) is 81.0 cm³/mol. The van der Waals surface area contributed by atoms with E-state index in [4.69, 9.17) is 5.73 Å². The van der Waals surface area contributed by atoms with E-state index in [-0.39, 0.29) is 11.4 Å². The second-order valence-corrected chi connectivity index (χ2v) is 6.76. The van der Waals surface area contributed by atoms with Crippen molar-refractivity contribution in [2.45, 2.75) is 31.8 Å². The van der Waals surface area contributed by atoms with E-state index in [0.717, 1.165) is 22.4 Å². The Morgan fingerprint density at radius 1 is 1.29 bits per heavy atom. The third-order valence-corrected chi connectivity index (χ3v) is 5.03. The highest BCUT2D eigenvalue weighted by molar-refractivity contribution is 7.89. The van der Waals surface area contributed by atoms with Crippen molar-refractivity contribution in [2.24, 2.45) is 12.8 Å². The van der Waals surface area contributed by atoms with E-state index in [1.807, 2.05) is 20.9 Å². The van der Waals surface area contributed by atoms with Crippen LogP contribution >= 0.6 is 0 Å². The van der Waals surface area contributed by atoms with Gasteiger partial charge in [0.25, 0.3) is 0 Å². The Hall–Kier alpha value is -1.70. The van der Waals surface area contributed by atoms with Crippen LogP contribution in [0, 0.1) is 13.8 Å². The van der Waals surface area contributed by atoms with E-state index >= 15 is 0 Å². The first-order valence-electron chi connectivity index (χ1n) is 6.62. The lowest BCUT2D eigenvalue weighted by Crippen LogP contribution is -2.23. The summed E-state index contributed by atoms with van der Waals surface area (Å²) in [5, 5.41) is 4.09. The Morgan fingerprint density at radius 3 is 2.52 bits per heavy atom. The van der Waals surface area contributed by atoms with E-state index < -0.39 is 10.0 Å². The van der Waals surface area contributed by atoms with Gasteiger partial charge in [-0.2, -0.15) is 5.10 Å². The fourth-order valence-corrected chi connectivity index (χ4v) is 3.13. The van der Waals surface area contributed by atoms with Crippen molar-refractivity contribution < 1.29 is 8.42 Å². The van der Waals surface area contributed by atoms with Crippen LogP contribution < -0.4 is 10.5 Å². The third-order valence-electron chi connectivity index (χ3n) is 3.63. The van der Waals surface area contributed by atoms with Gasteiger partial charge in [-0.25, -0.2) is 13.1 Å². The SMILES string of the molecule is Cc1cc(S(=O)(=O)NCc2cnn(C)c2C)ccc1CN. The summed E-state index contributed by atoms with van der Waals surface area (Å²) in [6.45, 7) is 4.37. The molecule has 0 amide bonds. The van der Waals surface area contributed by atoms with Crippen LogP contribution in [0.1, 0.15) is 22.4 Å². The molecule has 0 saturated heterocycles. The monoisotopic (exact) mass is 308 g/mol. The Labute approximate surface area is 125 Å². The van der Waals surface area contributed by atoms with Crippen molar-refractivity contribution >= 4 is 10.0 Å². The molecule has 7 heteroatoms. The zero-order valence-corrected chi connectivity index (χ0v) is 13.2. The van der Waals surface area contributed by atoms with Gasteiger partial charge in [0.05, 0.1) is 11.1 Å². The molecule has 114 valence electrons. The molecule has 0 aliphatic carbocycles. The Bertz CT molecular complexity index is 750. The van der Waals surface area contributed by atoms with Gasteiger partial charge in [-0.15, -0.1) is 0 Å². The number of nitrogens with one attached hydrogen (secondary N) is 1. The summed E-state index contributed by atoms with van der Waals surface area (Å²) in [4.78, 5) is 0.249. The van der Waals surface area contributed by atoms with Crippen LogP contribution in [0.5, 0.6) is 0 Å². The third kappa shape index (κ3) is 3.31. The van der Waals surface area contributed by atoms with E-state index in [9.17, 15) is 8.42 Å². The van der Waals surface area contributed by atoms with Crippen LogP contribution in [0.2, 0.25) is 0 Å². The minimum atomic E-state index is -3.54. The van der Waals surface area contributed by atoms with Gasteiger partial charge in [-0.1, -0.05) is 6.07 Å². The molecule has 6 nitrogen and oxygen atoms in total. The van der Waals surface area contributed by atoms with Crippen LogP contribution in [0.25, 0.3) is 0 Å². The summed E-state index contributed by atoms with van der Waals surface area (Å²) in [5.74, 6) is 0. The average Bonchev–Trinajstić information content (AvgIpc) is 2.76. The number of sulfonamides is 1. The molecule has 1 aromatic heterocycles. The molecule has 0 atom stereocenters. The van der Waals surface area contributed by atoms with Gasteiger partial charge >= 0.3 is 0 Å². The molecule has 0 bridgehead atoms. The van der Waals surface area contributed by atoms with Crippen molar-refractivity contribution in [3.63, 3.8) is 0 Å². The van der Waals surface area contributed by atoms with Crippen LogP contribution in [0.15, 0.2) is 29.3 Å². The van der Waals surface area contributed by atoms with Crippen molar-refractivity contribution in [1.82, 2.24) is 14.5 Å². The van der Waals surface area contributed by atoms with Crippen LogP contribution in [-0.2, 0) is 30.2 Å². The topological polar surface area (TPSA) is 90.0 Å². The average molecular weight is 308 g/mol. The first-order valence-corrected chi connectivity index (χ1v) is 8.10. The number of benzene rings is 1. The predicted octanol–water partition coefficient (Wildman–Crippen LogP) is 0.974. The first-order chi connectivity index (χ1) is 9.85. The van der Waals surface area contributed by atoms with Gasteiger partial charge in [-0.3, -0.25) is 4.68 Å². The van der Waals surface area contributed by atoms with Gasteiger partial charge in [-0.05, 0) is 37.1 Å². The molecule has 2 aromatic rings. The van der Waals surface area contributed by atoms with Gasteiger partial charge < -0.3 is 5.73 Å². The molecule has 0 fully saturated rings. The maximum Gasteiger partial charge on any atom is 0.240 e. The minimum Gasteiger partial charge on any atom is -0.326 e. The van der Waals surface area contributed by atoms with Gasteiger partial charge in [0.15, 0.2) is 0 Å². The Balaban J connectivity index is 2.19. The Kier molecular flexibility index (Phi) is 4.46. The summed E-state index contributed by atoms with van der Waals surface area (Å²) < 4.78 is 28.9. The standard InChI is InChI=1S/C14H20N4O2S/c1-10-6-14(5-4-12(10)7-15)21(19,20)17-9-13-8-16-18(3)11(13)2/h4-6,8,17H,7,9,15H2,1-3H3. The number of rotatable bonds is 5.